The number of hydrogen-bond donors (Lipinski definition) is 2. The average Bonchev–Trinajstić information content (AvgIpc) is 2.98. The van der Waals surface area contributed by atoms with Crippen molar-refractivity contribution in [2.75, 3.05) is 38.0 Å². The van der Waals surface area contributed by atoms with Crippen LogP contribution in [-0.2, 0) is 0 Å². The maximum atomic E-state index is 11.9. The summed E-state index contributed by atoms with van der Waals surface area (Å²) in [4.78, 5) is 22.5. The largest absolute Gasteiger partial charge is 0.369 e. The highest BCUT2D eigenvalue weighted by molar-refractivity contribution is 5.91. The highest BCUT2D eigenvalue weighted by atomic mass is 16.1. The quantitative estimate of drug-likeness (QED) is 0.731. The molecule has 1 saturated heterocycles. The van der Waals surface area contributed by atoms with Crippen LogP contribution in [0.4, 0.5) is 5.82 Å². The van der Waals surface area contributed by atoms with E-state index in [4.69, 9.17) is 0 Å². The lowest BCUT2D eigenvalue weighted by atomic mass is 10.3. The number of aromatic nitrogens is 2. The van der Waals surface area contributed by atoms with Crippen molar-refractivity contribution in [2.24, 2.45) is 0 Å². The van der Waals surface area contributed by atoms with E-state index in [1.807, 2.05) is 6.92 Å². The van der Waals surface area contributed by atoms with Gasteiger partial charge in [0.2, 0.25) is 0 Å². The standard InChI is InChI=1S/C14H23N5O/c1-2-15-13-11-17-12(10-18-13)14(20)16-6-5-9-19-7-3-4-8-19/h10-11H,2-9H2,1H3,(H,15,18)(H,16,20). The first-order chi connectivity index (χ1) is 9.79. The fraction of sp³-hybridized carbons (Fsp3) is 0.643. The van der Waals surface area contributed by atoms with Gasteiger partial charge in [-0.25, -0.2) is 9.97 Å². The van der Waals surface area contributed by atoms with E-state index in [9.17, 15) is 4.79 Å². The number of likely N-dealkylation sites (tertiary alicyclic amines) is 1. The second kappa shape index (κ2) is 7.79. The zero-order valence-electron chi connectivity index (χ0n) is 12.1. The molecule has 1 aliphatic heterocycles. The van der Waals surface area contributed by atoms with Crippen molar-refractivity contribution in [1.29, 1.82) is 0 Å². The summed E-state index contributed by atoms with van der Waals surface area (Å²) in [5.74, 6) is 0.542. The highest BCUT2D eigenvalue weighted by Crippen LogP contribution is 2.07. The summed E-state index contributed by atoms with van der Waals surface area (Å²) in [6, 6.07) is 0. The molecular weight excluding hydrogens is 254 g/mol. The van der Waals surface area contributed by atoms with Gasteiger partial charge in [-0.05, 0) is 45.8 Å². The number of rotatable bonds is 7. The molecule has 110 valence electrons. The summed E-state index contributed by atoms with van der Waals surface area (Å²) in [6.07, 6.45) is 6.69. The Bertz CT molecular complexity index is 414. The molecule has 2 N–H and O–H groups in total. The zero-order chi connectivity index (χ0) is 14.2. The Morgan fingerprint density at radius 2 is 2.10 bits per heavy atom. The highest BCUT2D eigenvalue weighted by Gasteiger charge is 2.11. The van der Waals surface area contributed by atoms with Gasteiger partial charge in [-0.2, -0.15) is 0 Å². The van der Waals surface area contributed by atoms with Crippen molar-refractivity contribution in [2.45, 2.75) is 26.2 Å². The van der Waals surface area contributed by atoms with Gasteiger partial charge in [-0.1, -0.05) is 0 Å². The monoisotopic (exact) mass is 277 g/mol. The van der Waals surface area contributed by atoms with E-state index < -0.39 is 0 Å². The number of anilines is 1. The second-order valence-electron chi connectivity index (χ2n) is 4.98. The minimum Gasteiger partial charge on any atom is -0.369 e. The molecule has 0 saturated carbocycles. The fourth-order valence-electron chi connectivity index (χ4n) is 2.32. The first-order valence-electron chi connectivity index (χ1n) is 7.36. The SMILES string of the molecule is CCNc1cnc(C(=O)NCCCN2CCCC2)cn1. The van der Waals surface area contributed by atoms with E-state index in [1.54, 1.807) is 6.20 Å². The predicted octanol–water partition coefficient (Wildman–Crippen LogP) is 1.12. The van der Waals surface area contributed by atoms with Gasteiger partial charge in [0.25, 0.3) is 5.91 Å². The molecule has 1 aromatic rings. The molecule has 0 bridgehead atoms. The first-order valence-corrected chi connectivity index (χ1v) is 7.36. The van der Waals surface area contributed by atoms with Gasteiger partial charge in [0.15, 0.2) is 0 Å². The van der Waals surface area contributed by atoms with E-state index in [-0.39, 0.29) is 5.91 Å². The molecule has 0 atom stereocenters. The number of hydrogen-bond acceptors (Lipinski definition) is 5. The van der Waals surface area contributed by atoms with Crippen molar-refractivity contribution < 1.29 is 4.79 Å². The molecule has 2 rings (SSSR count). The fourth-order valence-corrected chi connectivity index (χ4v) is 2.32. The van der Waals surface area contributed by atoms with Crippen LogP contribution in [0.3, 0.4) is 0 Å². The number of amides is 1. The Balaban J connectivity index is 1.68. The second-order valence-corrected chi connectivity index (χ2v) is 4.98. The molecule has 20 heavy (non-hydrogen) atoms. The maximum absolute atomic E-state index is 11.9. The molecule has 2 heterocycles. The van der Waals surface area contributed by atoms with Crippen LogP contribution in [0.5, 0.6) is 0 Å². The summed E-state index contributed by atoms with van der Waals surface area (Å²) >= 11 is 0. The zero-order valence-corrected chi connectivity index (χ0v) is 12.1. The third-order valence-electron chi connectivity index (χ3n) is 3.38. The van der Waals surface area contributed by atoms with Crippen LogP contribution in [0.15, 0.2) is 12.4 Å². The molecule has 6 nitrogen and oxygen atoms in total. The molecule has 6 heteroatoms. The van der Waals surface area contributed by atoms with Crippen molar-refractivity contribution in [1.82, 2.24) is 20.2 Å². The normalized spacial score (nSPS) is 15.2. The smallest absolute Gasteiger partial charge is 0.271 e. The third kappa shape index (κ3) is 4.45. The van der Waals surface area contributed by atoms with E-state index >= 15 is 0 Å². The van der Waals surface area contributed by atoms with Gasteiger partial charge in [-0.15, -0.1) is 0 Å². The van der Waals surface area contributed by atoms with Crippen LogP contribution in [0.1, 0.15) is 36.7 Å². The molecule has 1 aliphatic rings. The van der Waals surface area contributed by atoms with Crippen molar-refractivity contribution in [3.63, 3.8) is 0 Å². The summed E-state index contributed by atoms with van der Waals surface area (Å²) in [5, 5.41) is 5.93. The van der Waals surface area contributed by atoms with Gasteiger partial charge in [0.1, 0.15) is 11.5 Å². The molecular formula is C14H23N5O. The average molecular weight is 277 g/mol. The molecule has 0 aliphatic carbocycles. The lowest BCUT2D eigenvalue weighted by Crippen LogP contribution is -2.29. The lowest BCUT2D eigenvalue weighted by Gasteiger charge is -2.14. The molecule has 1 amide bonds. The number of carbonyl (C=O) groups excluding carboxylic acids is 1. The summed E-state index contributed by atoms with van der Waals surface area (Å²) in [5.41, 5.74) is 0.368. The summed E-state index contributed by atoms with van der Waals surface area (Å²) in [7, 11) is 0. The molecule has 0 aromatic carbocycles. The van der Waals surface area contributed by atoms with Gasteiger partial charge < -0.3 is 15.5 Å². The van der Waals surface area contributed by atoms with E-state index in [2.05, 4.69) is 25.5 Å². The summed E-state index contributed by atoms with van der Waals surface area (Å²) in [6.45, 7) is 6.92. The number of nitrogens with zero attached hydrogens (tertiary/aromatic N) is 3. The predicted molar refractivity (Wildman–Crippen MR) is 78.8 cm³/mol. The van der Waals surface area contributed by atoms with Crippen LogP contribution in [0.2, 0.25) is 0 Å². The van der Waals surface area contributed by atoms with Crippen LogP contribution in [-0.4, -0.2) is 53.5 Å². The van der Waals surface area contributed by atoms with Crippen LogP contribution in [0, 0.1) is 0 Å². The molecule has 0 spiro atoms. The third-order valence-corrected chi connectivity index (χ3v) is 3.38. The van der Waals surface area contributed by atoms with Gasteiger partial charge >= 0.3 is 0 Å². The van der Waals surface area contributed by atoms with Crippen LogP contribution >= 0.6 is 0 Å². The minimum atomic E-state index is -0.151. The van der Waals surface area contributed by atoms with Crippen LogP contribution in [0.25, 0.3) is 0 Å². The van der Waals surface area contributed by atoms with Gasteiger partial charge in [-0.3, -0.25) is 4.79 Å². The van der Waals surface area contributed by atoms with Gasteiger partial charge in [0.05, 0.1) is 12.4 Å². The Morgan fingerprint density at radius 1 is 1.30 bits per heavy atom. The van der Waals surface area contributed by atoms with E-state index in [0.29, 0.717) is 18.1 Å². The molecule has 1 fully saturated rings. The lowest BCUT2D eigenvalue weighted by molar-refractivity contribution is 0.0946. The Labute approximate surface area is 120 Å². The summed E-state index contributed by atoms with van der Waals surface area (Å²) < 4.78 is 0. The molecule has 0 unspecified atom stereocenters. The Hall–Kier alpha value is -1.69. The maximum Gasteiger partial charge on any atom is 0.271 e. The van der Waals surface area contributed by atoms with Crippen molar-refractivity contribution >= 4 is 11.7 Å². The van der Waals surface area contributed by atoms with Crippen molar-refractivity contribution in [3.8, 4) is 0 Å². The minimum absolute atomic E-state index is 0.151. The Kier molecular flexibility index (Phi) is 5.73. The van der Waals surface area contributed by atoms with E-state index in [1.165, 1.54) is 32.1 Å². The van der Waals surface area contributed by atoms with Crippen molar-refractivity contribution in [3.05, 3.63) is 18.1 Å². The molecule has 0 radical (unpaired) electrons. The topological polar surface area (TPSA) is 70.2 Å². The van der Waals surface area contributed by atoms with Crippen LogP contribution < -0.4 is 10.6 Å². The van der Waals surface area contributed by atoms with E-state index in [0.717, 1.165) is 19.5 Å². The Morgan fingerprint density at radius 3 is 2.75 bits per heavy atom. The number of nitrogens with one attached hydrogen (secondary N) is 2. The number of carbonyl (C=O) groups is 1. The molecule has 1 aromatic heterocycles. The first kappa shape index (κ1) is 14.7. The van der Waals surface area contributed by atoms with Gasteiger partial charge in [0, 0.05) is 13.1 Å².